The molecule has 0 aliphatic carbocycles. The second-order valence-electron chi connectivity index (χ2n) is 6.73. The van der Waals surface area contributed by atoms with Gasteiger partial charge in [-0.2, -0.15) is 5.10 Å². The fraction of sp³-hybridized carbons (Fsp3) is 0.750. The molecule has 0 bridgehead atoms. The average Bonchev–Trinajstić information content (AvgIpc) is 2.85. The van der Waals surface area contributed by atoms with Gasteiger partial charge in [-0.1, -0.05) is 18.5 Å². The lowest BCUT2D eigenvalue weighted by Gasteiger charge is -2.25. The predicted octanol–water partition coefficient (Wildman–Crippen LogP) is 2.44. The Morgan fingerprint density at radius 1 is 1.30 bits per heavy atom. The molecule has 3 rings (SSSR count). The molecule has 0 aromatic carbocycles. The second-order valence-corrected chi connectivity index (χ2v) is 7.09. The Kier molecular flexibility index (Phi) is 4.56. The first-order valence-corrected chi connectivity index (χ1v) is 8.68. The number of likely N-dealkylation sites (N-methyl/N-ethyl adjacent to an activating group) is 1. The lowest BCUT2D eigenvalue weighted by molar-refractivity contribution is 0.0443. The zero-order valence-electron chi connectivity index (χ0n) is 14.1. The molecule has 3 heterocycles. The number of aromatic nitrogens is 2. The van der Waals surface area contributed by atoms with Crippen LogP contribution in [0, 0.1) is 0 Å². The number of hydrogen-bond donors (Lipinski definition) is 0. The summed E-state index contributed by atoms with van der Waals surface area (Å²) < 4.78 is 7.42. The number of rotatable bonds is 3. The standard InChI is InChI=1S/C16H25ClN4O2/c1-4-13-12(14(17)20(3)18-13)10-21-8-5-6-16(7-9-21)11-19(2)15(22)23-16/h4-11H2,1-3H3/t16-/m1/s1. The molecule has 1 aromatic rings. The van der Waals surface area contributed by atoms with E-state index in [0.29, 0.717) is 6.54 Å². The van der Waals surface area contributed by atoms with Crippen LogP contribution in [0.15, 0.2) is 0 Å². The Morgan fingerprint density at radius 3 is 2.74 bits per heavy atom. The van der Waals surface area contributed by atoms with Crippen molar-refractivity contribution in [3.05, 3.63) is 16.4 Å². The molecule has 1 spiro atoms. The third-order valence-corrected chi connectivity index (χ3v) is 5.47. The van der Waals surface area contributed by atoms with Gasteiger partial charge < -0.3 is 9.64 Å². The lowest BCUT2D eigenvalue weighted by Crippen LogP contribution is -2.35. The number of likely N-dealkylation sites (tertiary alicyclic amines) is 1. The van der Waals surface area contributed by atoms with E-state index in [2.05, 4.69) is 16.9 Å². The number of ether oxygens (including phenoxy) is 1. The normalized spacial score (nSPS) is 25.9. The summed E-state index contributed by atoms with van der Waals surface area (Å²) in [4.78, 5) is 15.8. The molecule has 128 valence electrons. The van der Waals surface area contributed by atoms with E-state index in [1.807, 2.05) is 14.1 Å². The van der Waals surface area contributed by atoms with Crippen LogP contribution in [0.1, 0.15) is 37.4 Å². The molecular formula is C16H25ClN4O2. The Balaban J connectivity index is 1.69. The molecule has 6 nitrogen and oxygen atoms in total. The van der Waals surface area contributed by atoms with E-state index in [1.165, 1.54) is 0 Å². The van der Waals surface area contributed by atoms with Crippen LogP contribution in [0.2, 0.25) is 5.15 Å². The van der Waals surface area contributed by atoms with Crippen LogP contribution in [0.4, 0.5) is 4.79 Å². The highest BCUT2D eigenvalue weighted by Gasteiger charge is 2.44. The van der Waals surface area contributed by atoms with Gasteiger partial charge in [0.25, 0.3) is 0 Å². The van der Waals surface area contributed by atoms with Gasteiger partial charge in [0.2, 0.25) is 0 Å². The summed E-state index contributed by atoms with van der Waals surface area (Å²) in [6.07, 6.45) is 3.53. The zero-order chi connectivity index (χ0) is 16.6. The molecule has 1 atom stereocenters. The Bertz CT molecular complexity index is 603. The number of aryl methyl sites for hydroxylation is 2. The number of nitrogens with zero attached hydrogens (tertiary/aromatic N) is 4. The molecule has 2 aliphatic rings. The number of carbonyl (C=O) groups is 1. The first-order valence-electron chi connectivity index (χ1n) is 8.31. The predicted molar refractivity (Wildman–Crippen MR) is 88.6 cm³/mol. The highest BCUT2D eigenvalue weighted by molar-refractivity contribution is 6.30. The molecule has 0 saturated carbocycles. The van der Waals surface area contributed by atoms with E-state index in [0.717, 1.165) is 61.7 Å². The van der Waals surface area contributed by atoms with Crippen molar-refractivity contribution >= 4 is 17.7 Å². The van der Waals surface area contributed by atoms with Crippen LogP contribution in [-0.2, 0) is 24.8 Å². The van der Waals surface area contributed by atoms with Crippen LogP contribution in [0.25, 0.3) is 0 Å². The van der Waals surface area contributed by atoms with Gasteiger partial charge in [0.05, 0.1) is 12.2 Å². The topological polar surface area (TPSA) is 50.6 Å². The van der Waals surface area contributed by atoms with Crippen molar-refractivity contribution in [2.24, 2.45) is 7.05 Å². The highest BCUT2D eigenvalue weighted by Crippen LogP contribution is 2.33. The largest absolute Gasteiger partial charge is 0.441 e. The van der Waals surface area contributed by atoms with Crippen LogP contribution in [0.3, 0.4) is 0 Å². The molecule has 2 saturated heterocycles. The van der Waals surface area contributed by atoms with Crippen molar-refractivity contribution in [1.29, 1.82) is 0 Å². The van der Waals surface area contributed by atoms with Crippen molar-refractivity contribution in [2.45, 2.75) is 44.8 Å². The van der Waals surface area contributed by atoms with Gasteiger partial charge in [-0.3, -0.25) is 9.58 Å². The molecule has 2 fully saturated rings. The van der Waals surface area contributed by atoms with Crippen molar-refractivity contribution in [3.8, 4) is 0 Å². The summed E-state index contributed by atoms with van der Waals surface area (Å²) in [5.41, 5.74) is 1.91. The minimum atomic E-state index is -0.299. The molecule has 0 radical (unpaired) electrons. The first-order chi connectivity index (χ1) is 10.9. The van der Waals surface area contributed by atoms with Crippen molar-refractivity contribution < 1.29 is 9.53 Å². The van der Waals surface area contributed by atoms with Crippen molar-refractivity contribution in [3.63, 3.8) is 0 Å². The van der Waals surface area contributed by atoms with Crippen molar-refractivity contribution in [2.75, 3.05) is 26.7 Å². The van der Waals surface area contributed by atoms with Crippen LogP contribution >= 0.6 is 11.6 Å². The molecule has 23 heavy (non-hydrogen) atoms. The molecule has 0 unspecified atom stereocenters. The fourth-order valence-electron chi connectivity index (χ4n) is 3.70. The van der Waals surface area contributed by atoms with Crippen molar-refractivity contribution in [1.82, 2.24) is 19.6 Å². The van der Waals surface area contributed by atoms with Gasteiger partial charge in [-0.05, 0) is 25.8 Å². The van der Waals surface area contributed by atoms with Gasteiger partial charge in [0, 0.05) is 39.2 Å². The Labute approximate surface area is 142 Å². The van der Waals surface area contributed by atoms with Crippen LogP contribution < -0.4 is 0 Å². The van der Waals surface area contributed by atoms with E-state index in [4.69, 9.17) is 16.3 Å². The smallest absolute Gasteiger partial charge is 0.410 e. The maximum atomic E-state index is 11.7. The van der Waals surface area contributed by atoms with E-state index >= 15 is 0 Å². The van der Waals surface area contributed by atoms with Gasteiger partial charge >= 0.3 is 6.09 Å². The Hall–Kier alpha value is -1.27. The number of hydrogen-bond acceptors (Lipinski definition) is 4. The molecule has 1 amide bonds. The summed E-state index contributed by atoms with van der Waals surface area (Å²) in [7, 11) is 3.69. The fourth-order valence-corrected chi connectivity index (χ4v) is 3.90. The summed E-state index contributed by atoms with van der Waals surface area (Å²) in [5, 5.41) is 5.22. The minimum absolute atomic E-state index is 0.193. The van der Waals surface area contributed by atoms with Gasteiger partial charge in [-0.25, -0.2) is 4.79 Å². The van der Waals surface area contributed by atoms with Crippen LogP contribution in [0.5, 0.6) is 0 Å². The monoisotopic (exact) mass is 340 g/mol. The summed E-state index contributed by atoms with van der Waals surface area (Å²) in [5.74, 6) is 0. The maximum Gasteiger partial charge on any atom is 0.410 e. The summed E-state index contributed by atoms with van der Waals surface area (Å²) in [6, 6.07) is 0. The van der Waals surface area contributed by atoms with Gasteiger partial charge in [0.15, 0.2) is 0 Å². The zero-order valence-corrected chi connectivity index (χ0v) is 14.9. The van der Waals surface area contributed by atoms with E-state index < -0.39 is 0 Å². The molecule has 7 heteroatoms. The Morgan fingerprint density at radius 2 is 2.09 bits per heavy atom. The van der Waals surface area contributed by atoms with E-state index in [1.54, 1.807) is 9.58 Å². The first kappa shape index (κ1) is 16.6. The second kappa shape index (κ2) is 6.32. The quantitative estimate of drug-likeness (QED) is 0.848. The SMILES string of the molecule is CCc1nn(C)c(Cl)c1CN1CCC[C@@]2(CC1)CN(C)C(=O)O2. The summed E-state index contributed by atoms with van der Waals surface area (Å²) >= 11 is 6.41. The van der Waals surface area contributed by atoms with Crippen LogP contribution in [-0.4, -0.2) is 58.0 Å². The molecule has 0 N–H and O–H groups in total. The average molecular weight is 341 g/mol. The lowest BCUT2D eigenvalue weighted by atomic mass is 9.95. The van der Waals surface area contributed by atoms with E-state index in [9.17, 15) is 4.79 Å². The number of halogens is 1. The van der Waals surface area contributed by atoms with E-state index in [-0.39, 0.29) is 11.7 Å². The number of amides is 1. The minimum Gasteiger partial charge on any atom is -0.441 e. The molecule has 1 aromatic heterocycles. The third-order valence-electron chi connectivity index (χ3n) is 5.00. The third kappa shape index (κ3) is 3.19. The molecule has 2 aliphatic heterocycles. The summed E-state index contributed by atoms with van der Waals surface area (Å²) in [6.45, 7) is 5.53. The maximum absolute atomic E-state index is 11.7. The van der Waals surface area contributed by atoms with Gasteiger partial charge in [0.1, 0.15) is 10.8 Å². The van der Waals surface area contributed by atoms with Gasteiger partial charge in [-0.15, -0.1) is 0 Å². The highest BCUT2D eigenvalue weighted by atomic mass is 35.5. The number of carbonyl (C=O) groups excluding carboxylic acids is 1. The molecular weight excluding hydrogens is 316 g/mol.